The molecule has 0 aliphatic rings. The van der Waals surface area contributed by atoms with Crippen LogP contribution in [0, 0.1) is 5.41 Å². The summed E-state index contributed by atoms with van der Waals surface area (Å²) in [4.78, 5) is 0. The van der Waals surface area contributed by atoms with Gasteiger partial charge in [0.2, 0.25) is 0 Å². The first-order valence-electron chi connectivity index (χ1n) is 7.34. The molecule has 20 heavy (non-hydrogen) atoms. The van der Waals surface area contributed by atoms with Crippen LogP contribution in [-0.4, -0.2) is 26.9 Å². The number of benzene rings is 1. The normalized spacial score (nSPS) is 14.9. The third-order valence-corrected chi connectivity index (χ3v) is 3.50. The van der Waals surface area contributed by atoms with Gasteiger partial charge in [0.1, 0.15) is 5.75 Å². The molecule has 114 valence electrons. The van der Waals surface area contributed by atoms with E-state index < -0.39 is 0 Å². The van der Waals surface area contributed by atoms with Crippen LogP contribution in [0.2, 0.25) is 0 Å². The fourth-order valence-electron chi connectivity index (χ4n) is 2.59. The first kappa shape index (κ1) is 17.0. The largest absolute Gasteiger partial charge is 0.496 e. The lowest BCUT2D eigenvalue weighted by Crippen LogP contribution is -2.42. The van der Waals surface area contributed by atoms with E-state index in [1.54, 1.807) is 14.2 Å². The Balaban J connectivity index is 3.16. The SMILES string of the molecule is CCCNC(c1ccccc1OC)C(OC)C(C)(C)C. The molecule has 0 aliphatic carbocycles. The van der Waals surface area contributed by atoms with Crippen LogP contribution in [0.15, 0.2) is 24.3 Å². The van der Waals surface area contributed by atoms with E-state index in [0.29, 0.717) is 0 Å². The molecule has 1 N–H and O–H groups in total. The van der Waals surface area contributed by atoms with Crippen LogP contribution < -0.4 is 10.1 Å². The van der Waals surface area contributed by atoms with Gasteiger partial charge in [-0.25, -0.2) is 0 Å². The van der Waals surface area contributed by atoms with Crippen molar-refractivity contribution in [3.8, 4) is 5.75 Å². The van der Waals surface area contributed by atoms with Gasteiger partial charge in [-0.1, -0.05) is 45.9 Å². The second-order valence-corrected chi connectivity index (χ2v) is 6.20. The molecule has 0 heterocycles. The minimum atomic E-state index is 0.0427. The van der Waals surface area contributed by atoms with Crippen molar-refractivity contribution in [2.45, 2.75) is 46.3 Å². The van der Waals surface area contributed by atoms with Crippen molar-refractivity contribution in [2.24, 2.45) is 5.41 Å². The fourth-order valence-corrected chi connectivity index (χ4v) is 2.59. The maximum atomic E-state index is 5.81. The van der Waals surface area contributed by atoms with Gasteiger partial charge in [-0.3, -0.25) is 0 Å². The third kappa shape index (κ3) is 4.22. The zero-order valence-electron chi connectivity index (χ0n) is 13.7. The average molecular weight is 279 g/mol. The lowest BCUT2D eigenvalue weighted by atomic mass is 9.81. The summed E-state index contributed by atoms with van der Waals surface area (Å²) in [5.41, 5.74) is 1.20. The highest BCUT2D eigenvalue weighted by molar-refractivity contribution is 5.36. The molecule has 1 rings (SSSR count). The summed E-state index contributed by atoms with van der Waals surface area (Å²) >= 11 is 0. The second kappa shape index (κ2) is 7.65. The van der Waals surface area contributed by atoms with Crippen molar-refractivity contribution in [3.05, 3.63) is 29.8 Å². The zero-order chi connectivity index (χ0) is 15.2. The fraction of sp³-hybridized carbons (Fsp3) is 0.647. The van der Waals surface area contributed by atoms with Gasteiger partial charge in [0.15, 0.2) is 0 Å². The van der Waals surface area contributed by atoms with Crippen molar-refractivity contribution < 1.29 is 9.47 Å². The van der Waals surface area contributed by atoms with Gasteiger partial charge in [0, 0.05) is 12.7 Å². The first-order chi connectivity index (χ1) is 9.45. The summed E-state index contributed by atoms with van der Waals surface area (Å²) in [6.07, 6.45) is 1.16. The van der Waals surface area contributed by atoms with Crippen LogP contribution in [0.5, 0.6) is 5.75 Å². The van der Waals surface area contributed by atoms with Gasteiger partial charge in [-0.05, 0) is 24.4 Å². The van der Waals surface area contributed by atoms with Gasteiger partial charge in [0.05, 0.1) is 19.3 Å². The van der Waals surface area contributed by atoms with Crippen molar-refractivity contribution in [1.29, 1.82) is 0 Å². The maximum Gasteiger partial charge on any atom is 0.123 e. The summed E-state index contributed by atoms with van der Waals surface area (Å²) in [6.45, 7) is 9.75. The Kier molecular flexibility index (Phi) is 6.50. The number of para-hydroxylation sites is 1. The van der Waals surface area contributed by atoms with Gasteiger partial charge in [-0.2, -0.15) is 0 Å². The molecule has 1 aromatic rings. The Bertz CT molecular complexity index is 398. The molecule has 0 saturated heterocycles. The Labute approximate surface area is 123 Å². The number of ether oxygens (including phenoxy) is 2. The Morgan fingerprint density at radius 2 is 1.80 bits per heavy atom. The molecule has 0 fully saturated rings. The molecule has 3 heteroatoms. The number of nitrogens with one attached hydrogen (secondary N) is 1. The highest BCUT2D eigenvalue weighted by Crippen LogP contribution is 2.36. The van der Waals surface area contributed by atoms with Crippen LogP contribution in [0.4, 0.5) is 0 Å². The maximum absolute atomic E-state index is 5.81. The number of hydrogen-bond donors (Lipinski definition) is 1. The third-order valence-electron chi connectivity index (χ3n) is 3.50. The minimum absolute atomic E-state index is 0.0427. The summed E-state index contributed by atoms with van der Waals surface area (Å²) in [6, 6.07) is 8.29. The highest BCUT2D eigenvalue weighted by atomic mass is 16.5. The monoisotopic (exact) mass is 279 g/mol. The lowest BCUT2D eigenvalue weighted by molar-refractivity contribution is -0.0124. The number of methoxy groups -OCH3 is 2. The Hall–Kier alpha value is -1.06. The van der Waals surface area contributed by atoms with Crippen molar-refractivity contribution in [2.75, 3.05) is 20.8 Å². The lowest BCUT2D eigenvalue weighted by Gasteiger charge is -2.37. The molecule has 0 aliphatic heterocycles. The quantitative estimate of drug-likeness (QED) is 0.823. The molecule has 3 nitrogen and oxygen atoms in total. The van der Waals surface area contributed by atoms with E-state index in [1.807, 2.05) is 18.2 Å². The van der Waals surface area contributed by atoms with E-state index >= 15 is 0 Å². The standard InChI is InChI=1S/C17H29NO2/c1-7-12-18-15(16(20-6)17(2,3)4)13-10-8-9-11-14(13)19-5/h8-11,15-16,18H,7,12H2,1-6H3. The molecule has 0 spiro atoms. The van der Waals surface area contributed by atoms with Crippen molar-refractivity contribution in [3.63, 3.8) is 0 Å². The van der Waals surface area contributed by atoms with Gasteiger partial charge in [-0.15, -0.1) is 0 Å². The smallest absolute Gasteiger partial charge is 0.123 e. The van der Waals surface area contributed by atoms with E-state index in [1.165, 1.54) is 0 Å². The second-order valence-electron chi connectivity index (χ2n) is 6.20. The van der Waals surface area contributed by atoms with Crippen LogP contribution in [0.3, 0.4) is 0 Å². The predicted molar refractivity (Wildman–Crippen MR) is 84.3 cm³/mol. The van der Waals surface area contributed by atoms with E-state index in [0.717, 1.165) is 24.3 Å². The summed E-state index contributed by atoms with van der Waals surface area (Å²) in [5, 5.41) is 3.61. The Morgan fingerprint density at radius 3 is 2.30 bits per heavy atom. The number of rotatable bonds is 7. The topological polar surface area (TPSA) is 30.5 Å². The molecule has 0 saturated carbocycles. The molecule has 2 atom stereocenters. The van der Waals surface area contributed by atoms with E-state index in [9.17, 15) is 0 Å². The summed E-state index contributed by atoms with van der Waals surface area (Å²) in [5.74, 6) is 0.910. The van der Waals surface area contributed by atoms with Gasteiger partial charge < -0.3 is 14.8 Å². The molecule has 0 bridgehead atoms. The first-order valence-corrected chi connectivity index (χ1v) is 7.34. The molecular formula is C17H29NO2. The summed E-state index contributed by atoms with van der Waals surface area (Å²) in [7, 11) is 3.50. The molecule has 0 aromatic heterocycles. The minimum Gasteiger partial charge on any atom is -0.496 e. The predicted octanol–water partition coefficient (Wildman–Crippen LogP) is 3.80. The molecule has 0 radical (unpaired) electrons. The Morgan fingerprint density at radius 1 is 1.15 bits per heavy atom. The molecule has 2 unspecified atom stereocenters. The molecule has 0 amide bonds. The number of hydrogen-bond acceptors (Lipinski definition) is 3. The van der Waals surface area contributed by atoms with Crippen molar-refractivity contribution >= 4 is 0 Å². The highest BCUT2D eigenvalue weighted by Gasteiger charge is 2.34. The van der Waals surface area contributed by atoms with Crippen LogP contribution >= 0.6 is 0 Å². The van der Waals surface area contributed by atoms with Gasteiger partial charge in [0.25, 0.3) is 0 Å². The van der Waals surface area contributed by atoms with E-state index in [2.05, 4.69) is 39.1 Å². The van der Waals surface area contributed by atoms with Crippen LogP contribution in [0.1, 0.15) is 45.7 Å². The zero-order valence-corrected chi connectivity index (χ0v) is 13.7. The van der Waals surface area contributed by atoms with Crippen LogP contribution in [0.25, 0.3) is 0 Å². The van der Waals surface area contributed by atoms with E-state index in [-0.39, 0.29) is 17.6 Å². The molecule has 1 aromatic carbocycles. The summed E-state index contributed by atoms with van der Waals surface area (Å²) < 4.78 is 11.3. The van der Waals surface area contributed by atoms with E-state index in [4.69, 9.17) is 9.47 Å². The van der Waals surface area contributed by atoms with Crippen molar-refractivity contribution in [1.82, 2.24) is 5.32 Å². The molecular weight excluding hydrogens is 250 g/mol. The van der Waals surface area contributed by atoms with Gasteiger partial charge >= 0.3 is 0 Å². The average Bonchev–Trinajstić information content (AvgIpc) is 2.42. The van der Waals surface area contributed by atoms with Crippen LogP contribution in [-0.2, 0) is 4.74 Å².